The summed E-state index contributed by atoms with van der Waals surface area (Å²) >= 11 is 3.42. The molecular formula is C13H14BrNO. The van der Waals surface area contributed by atoms with E-state index in [1.807, 2.05) is 12.1 Å². The van der Waals surface area contributed by atoms with Crippen LogP contribution in [0.2, 0.25) is 0 Å². The Morgan fingerprint density at radius 1 is 1.25 bits per heavy atom. The van der Waals surface area contributed by atoms with E-state index >= 15 is 0 Å². The summed E-state index contributed by atoms with van der Waals surface area (Å²) in [6, 6.07) is 6.30. The maximum atomic E-state index is 11.9. The van der Waals surface area contributed by atoms with Crippen LogP contribution in [-0.2, 0) is 0 Å². The van der Waals surface area contributed by atoms with Gasteiger partial charge in [-0.15, -0.1) is 0 Å². The van der Waals surface area contributed by atoms with Crippen LogP contribution in [0.25, 0.3) is 0 Å². The lowest BCUT2D eigenvalue weighted by molar-refractivity contribution is 0.0946. The zero-order valence-corrected chi connectivity index (χ0v) is 10.6. The number of benzene rings is 1. The third kappa shape index (κ3) is 1.58. The number of carbonyl (C=O) groups excluding carboxylic acids is 1. The van der Waals surface area contributed by atoms with Crippen LogP contribution < -0.4 is 5.32 Å². The van der Waals surface area contributed by atoms with E-state index in [0.29, 0.717) is 5.92 Å². The molecule has 1 amide bonds. The van der Waals surface area contributed by atoms with Gasteiger partial charge in [-0.25, -0.2) is 0 Å². The summed E-state index contributed by atoms with van der Waals surface area (Å²) in [7, 11) is 0. The van der Waals surface area contributed by atoms with Crippen molar-refractivity contribution in [2.24, 2.45) is 5.92 Å². The average Bonchev–Trinajstić information content (AvgIpc) is 2.87. The van der Waals surface area contributed by atoms with E-state index in [0.717, 1.165) is 10.0 Å². The lowest BCUT2D eigenvalue weighted by Crippen LogP contribution is -2.24. The first-order chi connectivity index (χ1) is 7.75. The summed E-state index contributed by atoms with van der Waals surface area (Å²) in [5.41, 5.74) is 2.05. The molecule has 1 heterocycles. The molecule has 1 unspecified atom stereocenters. The lowest BCUT2D eigenvalue weighted by atomic mass is 9.92. The van der Waals surface area contributed by atoms with Gasteiger partial charge < -0.3 is 5.32 Å². The monoisotopic (exact) mass is 279 g/mol. The van der Waals surface area contributed by atoms with Crippen LogP contribution in [0.3, 0.4) is 0 Å². The second kappa shape index (κ2) is 3.88. The molecule has 0 saturated heterocycles. The Morgan fingerprint density at radius 2 is 2.00 bits per heavy atom. The van der Waals surface area contributed by atoms with E-state index in [9.17, 15) is 4.79 Å². The van der Waals surface area contributed by atoms with Crippen molar-refractivity contribution >= 4 is 21.8 Å². The molecule has 1 aliphatic heterocycles. The molecule has 1 aliphatic carbocycles. The molecule has 0 aromatic heterocycles. The van der Waals surface area contributed by atoms with Crippen molar-refractivity contribution in [2.75, 3.05) is 0 Å². The van der Waals surface area contributed by atoms with Gasteiger partial charge in [-0.2, -0.15) is 0 Å². The average molecular weight is 280 g/mol. The van der Waals surface area contributed by atoms with Crippen molar-refractivity contribution in [1.82, 2.24) is 5.32 Å². The van der Waals surface area contributed by atoms with Gasteiger partial charge in [0.15, 0.2) is 0 Å². The number of nitrogens with one attached hydrogen (secondary N) is 1. The van der Waals surface area contributed by atoms with Gasteiger partial charge in [0.25, 0.3) is 5.91 Å². The summed E-state index contributed by atoms with van der Waals surface area (Å²) in [6.45, 7) is 0. The molecule has 3 heteroatoms. The van der Waals surface area contributed by atoms with Crippen LogP contribution in [0, 0.1) is 5.92 Å². The molecule has 1 atom stereocenters. The van der Waals surface area contributed by atoms with E-state index in [1.165, 1.54) is 31.2 Å². The third-order valence-corrected chi connectivity index (χ3v) is 4.25. The Hall–Kier alpha value is -0.830. The van der Waals surface area contributed by atoms with Crippen molar-refractivity contribution < 1.29 is 4.79 Å². The van der Waals surface area contributed by atoms with Crippen molar-refractivity contribution in [2.45, 2.75) is 31.7 Å². The van der Waals surface area contributed by atoms with E-state index in [2.05, 4.69) is 27.3 Å². The van der Waals surface area contributed by atoms with Gasteiger partial charge >= 0.3 is 0 Å². The second-order valence-electron chi connectivity index (χ2n) is 4.73. The first-order valence-corrected chi connectivity index (χ1v) is 6.65. The summed E-state index contributed by atoms with van der Waals surface area (Å²) in [4.78, 5) is 11.9. The van der Waals surface area contributed by atoms with Crippen molar-refractivity contribution in [3.05, 3.63) is 33.8 Å². The standard InChI is InChI=1S/C13H14BrNO/c14-9-5-6-10-11(7-9)13(16)15-12(10)8-3-1-2-4-8/h5-8,12H,1-4H2,(H,15,16). The molecule has 16 heavy (non-hydrogen) atoms. The molecule has 0 spiro atoms. The normalized spacial score (nSPS) is 24.6. The van der Waals surface area contributed by atoms with Crippen LogP contribution in [0.4, 0.5) is 0 Å². The van der Waals surface area contributed by atoms with Gasteiger partial charge in [-0.3, -0.25) is 4.79 Å². The first-order valence-electron chi connectivity index (χ1n) is 5.86. The highest BCUT2D eigenvalue weighted by Gasteiger charge is 2.35. The highest BCUT2D eigenvalue weighted by atomic mass is 79.9. The Labute approximate surface area is 104 Å². The molecular weight excluding hydrogens is 266 g/mol. The molecule has 2 nitrogen and oxygen atoms in total. The Balaban J connectivity index is 1.98. The number of amides is 1. The fourth-order valence-electron chi connectivity index (χ4n) is 2.96. The van der Waals surface area contributed by atoms with Gasteiger partial charge in [0.2, 0.25) is 0 Å². The Bertz CT molecular complexity index is 438. The van der Waals surface area contributed by atoms with E-state index in [4.69, 9.17) is 0 Å². The molecule has 0 bridgehead atoms. The van der Waals surface area contributed by atoms with Crippen molar-refractivity contribution in [3.63, 3.8) is 0 Å². The topological polar surface area (TPSA) is 29.1 Å². The minimum absolute atomic E-state index is 0.0909. The van der Waals surface area contributed by atoms with Gasteiger partial charge in [0, 0.05) is 10.0 Å². The molecule has 1 fully saturated rings. The van der Waals surface area contributed by atoms with Crippen LogP contribution in [0.1, 0.15) is 47.6 Å². The van der Waals surface area contributed by atoms with Crippen LogP contribution in [0.5, 0.6) is 0 Å². The van der Waals surface area contributed by atoms with Crippen LogP contribution in [0.15, 0.2) is 22.7 Å². The quantitative estimate of drug-likeness (QED) is 0.839. The van der Waals surface area contributed by atoms with Crippen LogP contribution >= 0.6 is 15.9 Å². The highest BCUT2D eigenvalue weighted by molar-refractivity contribution is 9.10. The Kier molecular flexibility index (Phi) is 2.51. The Morgan fingerprint density at radius 3 is 2.75 bits per heavy atom. The lowest BCUT2D eigenvalue weighted by Gasteiger charge is -2.18. The second-order valence-corrected chi connectivity index (χ2v) is 5.64. The fraction of sp³-hybridized carbons (Fsp3) is 0.462. The summed E-state index contributed by atoms with van der Waals surface area (Å²) in [6.07, 6.45) is 5.12. The molecule has 2 aliphatic rings. The molecule has 3 rings (SSSR count). The smallest absolute Gasteiger partial charge is 0.252 e. The minimum atomic E-state index is 0.0909. The number of carbonyl (C=O) groups is 1. The minimum Gasteiger partial charge on any atom is -0.345 e. The zero-order chi connectivity index (χ0) is 11.1. The number of fused-ring (bicyclic) bond motifs is 1. The predicted molar refractivity (Wildman–Crippen MR) is 66.3 cm³/mol. The number of rotatable bonds is 1. The predicted octanol–water partition coefficient (Wildman–Crippen LogP) is 3.42. The van der Waals surface area contributed by atoms with E-state index in [1.54, 1.807) is 0 Å². The third-order valence-electron chi connectivity index (χ3n) is 3.75. The van der Waals surface area contributed by atoms with Gasteiger partial charge in [-0.05, 0) is 36.5 Å². The van der Waals surface area contributed by atoms with Crippen molar-refractivity contribution in [1.29, 1.82) is 0 Å². The van der Waals surface area contributed by atoms with Gasteiger partial charge in [0.05, 0.1) is 6.04 Å². The molecule has 1 aromatic rings. The zero-order valence-electron chi connectivity index (χ0n) is 9.00. The molecule has 84 valence electrons. The van der Waals surface area contributed by atoms with Crippen molar-refractivity contribution in [3.8, 4) is 0 Å². The SMILES string of the molecule is O=C1NC(C2CCCC2)c2ccc(Br)cc21. The highest BCUT2D eigenvalue weighted by Crippen LogP contribution is 2.40. The van der Waals surface area contributed by atoms with Crippen LogP contribution in [-0.4, -0.2) is 5.91 Å². The largest absolute Gasteiger partial charge is 0.345 e. The first kappa shape index (κ1) is 10.3. The molecule has 0 radical (unpaired) electrons. The summed E-state index contributed by atoms with van der Waals surface area (Å²) in [5, 5.41) is 3.13. The fourth-order valence-corrected chi connectivity index (χ4v) is 3.32. The molecule has 1 saturated carbocycles. The number of hydrogen-bond donors (Lipinski definition) is 1. The van der Waals surface area contributed by atoms with E-state index in [-0.39, 0.29) is 11.9 Å². The van der Waals surface area contributed by atoms with E-state index < -0.39 is 0 Å². The molecule has 1 N–H and O–H groups in total. The summed E-state index contributed by atoms with van der Waals surface area (Å²) < 4.78 is 0.980. The number of halogens is 1. The maximum absolute atomic E-state index is 11.9. The number of hydrogen-bond acceptors (Lipinski definition) is 1. The van der Waals surface area contributed by atoms with Gasteiger partial charge in [0.1, 0.15) is 0 Å². The summed E-state index contributed by atoms with van der Waals surface area (Å²) in [5.74, 6) is 0.736. The van der Waals surface area contributed by atoms with Gasteiger partial charge in [-0.1, -0.05) is 34.8 Å². The molecule has 1 aromatic carbocycles. The maximum Gasteiger partial charge on any atom is 0.252 e.